The van der Waals surface area contributed by atoms with Gasteiger partial charge >= 0.3 is 0 Å². The van der Waals surface area contributed by atoms with Crippen LogP contribution in [0.4, 0.5) is 0 Å². The fraction of sp³-hybridized carbons (Fsp3) is 0.941. The van der Waals surface area contributed by atoms with Crippen LogP contribution in [0.3, 0.4) is 0 Å². The molecule has 0 radical (unpaired) electrons. The minimum absolute atomic E-state index is 0.127. The van der Waals surface area contributed by atoms with Gasteiger partial charge in [-0.25, -0.2) is 0 Å². The van der Waals surface area contributed by atoms with Crippen LogP contribution in [0.1, 0.15) is 57.8 Å². The summed E-state index contributed by atoms with van der Waals surface area (Å²) in [6.07, 6.45) is 9.43. The van der Waals surface area contributed by atoms with E-state index in [0.717, 1.165) is 51.6 Å². The Morgan fingerprint density at radius 2 is 1.86 bits per heavy atom. The lowest BCUT2D eigenvalue weighted by Crippen LogP contribution is -2.48. The summed E-state index contributed by atoms with van der Waals surface area (Å²) in [4.78, 5) is 13.2. The van der Waals surface area contributed by atoms with Gasteiger partial charge in [0.25, 0.3) is 0 Å². The first-order valence-electron chi connectivity index (χ1n) is 8.66. The molecular formula is C17H29NO3. The van der Waals surface area contributed by atoms with Crippen molar-refractivity contribution in [2.75, 3.05) is 26.4 Å². The fourth-order valence-corrected chi connectivity index (χ4v) is 4.50. The van der Waals surface area contributed by atoms with Crippen molar-refractivity contribution in [3.8, 4) is 0 Å². The molecule has 0 aromatic heterocycles. The number of hydrogen-bond acceptors (Lipinski definition) is 4. The molecule has 1 spiro atoms. The third-order valence-corrected chi connectivity index (χ3v) is 5.90. The topological polar surface area (TPSA) is 61.6 Å². The van der Waals surface area contributed by atoms with Crippen molar-refractivity contribution in [1.29, 1.82) is 0 Å². The van der Waals surface area contributed by atoms with E-state index in [4.69, 9.17) is 15.2 Å². The molecule has 4 heteroatoms. The number of ketones is 1. The van der Waals surface area contributed by atoms with Gasteiger partial charge in [-0.05, 0) is 25.7 Å². The molecule has 2 atom stereocenters. The van der Waals surface area contributed by atoms with Crippen LogP contribution in [-0.4, -0.2) is 37.7 Å². The minimum Gasteiger partial charge on any atom is -0.378 e. The van der Waals surface area contributed by atoms with E-state index >= 15 is 0 Å². The van der Waals surface area contributed by atoms with E-state index in [2.05, 4.69) is 0 Å². The van der Waals surface area contributed by atoms with E-state index in [1.54, 1.807) is 0 Å². The first-order valence-corrected chi connectivity index (χ1v) is 8.66. The first kappa shape index (κ1) is 15.4. The summed E-state index contributed by atoms with van der Waals surface area (Å²) in [7, 11) is 0. The second-order valence-electron chi connectivity index (χ2n) is 7.29. The van der Waals surface area contributed by atoms with Crippen molar-refractivity contribution < 1.29 is 14.3 Å². The van der Waals surface area contributed by atoms with Crippen molar-refractivity contribution in [2.45, 2.75) is 63.4 Å². The van der Waals surface area contributed by atoms with E-state index in [9.17, 15) is 4.79 Å². The number of hydrogen-bond donors (Lipinski definition) is 1. The standard InChI is InChI=1S/C17H29NO3/c18-12-16(6-3-1-2-4-7-16)15(19)14-5-9-21-17(11-14)8-10-20-13-17/h14H,1-13,18H2. The summed E-state index contributed by atoms with van der Waals surface area (Å²) in [6.45, 7) is 2.64. The maximum absolute atomic E-state index is 13.2. The molecule has 0 aromatic rings. The average molecular weight is 295 g/mol. The highest BCUT2D eigenvalue weighted by molar-refractivity contribution is 5.87. The van der Waals surface area contributed by atoms with Gasteiger partial charge in [0.15, 0.2) is 0 Å². The Kier molecular flexibility index (Phi) is 4.67. The molecule has 2 N–H and O–H groups in total. The van der Waals surface area contributed by atoms with Crippen molar-refractivity contribution in [3.63, 3.8) is 0 Å². The maximum Gasteiger partial charge on any atom is 0.143 e. The molecule has 0 bridgehead atoms. The van der Waals surface area contributed by atoms with Gasteiger partial charge < -0.3 is 15.2 Å². The fourth-order valence-electron chi connectivity index (χ4n) is 4.50. The molecule has 1 saturated carbocycles. The quantitative estimate of drug-likeness (QED) is 0.812. The SMILES string of the molecule is NCC1(C(=O)C2CCOC3(CCOC3)C2)CCCCCC1. The highest BCUT2D eigenvalue weighted by Crippen LogP contribution is 2.43. The molecule has 3 fully saturated rings. The van der Waals surface area contributed by atoms with Gasteiger partial charge in [-0.1, -0.05) is 25.7 Å². The summed E-state index contributed by atoms with van der Waals surface area (Å²) in [5.41, 5.74) is 5.65. The van der Waals surface area contributed by atoms with Crippen LogP contribution in [0.2, 0.25) is 0 Å². The zero-order chi connectivity index (χ0) is 14.8. The maximum atomic E-state index is 13.2. The molecule has 4 nitrogen and oxygen atoms in total. The predicted molar refractivity (Wildman–Crippen MR) is 81.0 cm³/mol. The van der Waals surface area contributed by atoms with Crippen LogP contribution < -0.4 is 5.73 Å². The third-order valence-electron chi connectivity index (χ3n) is 5.90. The van der Waals surface area contributed by atoms with E-state index in [0.29, 0.717) is 25.5 Å². The number of nitrogens with two attached hydrogens (primary N) is 1. The van der Waals surface area contributed by atoms with Gasteiger partial charge in [-0.15, -0.1) is 0 Å². The molecule has 2 aliphatic heterocycles. The monoisotopic (exact) mass is 295 g/mol. The summed E-state index contributed by atoms with van der Waals surface area (Å²) < 4.78 is 11.5. The van der Waals surface area contributed by atoms with Gasteiger partial charge in [0.05, 0.1) is 12.2 Å². The number of Topliss-reactive ketones (excluding diaryl/α,β-unsaturated/α-hetero) is 1. The Morgan fingerprint density at radius 3 is 2.48 bits per heavy atom. The highest BCUT2D eigenvalue weighted by atomic mass is 16.6. The van der Waals surface area contributed by atoms with E-state index in [1.807, 2.05) is 0 Å². The molecule has 2 unspecified atom stereocenters. The van der Waals surface area contributed by atoms with Crippen LogP contribution >= 0.6 is 0 Å². The second kappa shape index (κ2) is 6.35. The lowest BCUT2D eigenvalue weighted by atomic mass is 9.69. The molecule has 3 rings (SSSR count). The normalized spacial score (nSPS) is 36.5. The molecule has 2 saturated heterocycles. The minimum atomic E-state index is -0.251. The average Bonchev–Trinajstić information content (AvgIpc) is 2.82. The van der Waals surface area contributed by atoms with Crippen LogP contribution in [-0.2, 0) is 14.3 Å². The van der Waals surface area contributed by atoms with Crippen LogP contribution in [0, 0.1) is 11.3 Å². The lowest BCUT2D eigenvalue weighted by Gasteiger charge is -2.40. The van der Waals surface area contributed by atoms with Gasteiger partial charge in [-0.3, -0.25) is 4.79 Å². The summed E-state index contributed by atoms with van der Waals surface area (Å²) in [6, 6.07) is 0. The number of ether oxygens (including phenoxy) is 2. The Bertz CT molecular complexity index is 368. The number of carbonyl (C=O) groups is 1. The summed E-state index contributed by atoms with van der Waals surface area (Å²) in [5.74, 6) is 0.559. The summed E-state index contributed by atoms with van der Waals surface area (Å²) >= 11 is 0. The smallest absolute Gasteiger partial charge is 0.143 e. The van der Waals surface area contributed by atoms with Crippen LogP contribution in [0.15, 0.2) is 0 Å². The number of rotatable bonds is 3. The van der Waals surface area contributed by atoms with E-state index in [-0.39, 0.29) is 16.9 Å². The van der Waals surface area contributed by atoms with Crippen molar-refractivity contribution in [3.05, 3.63) is 0 Å². The third kappa shape index (κ3) is 3.03. The number of carbonyl (C=O) groups excluding carboxylic acids is 1. The second-order valence-corrected chi connectivity index (χ2v) is 7.29. The molecule has 3 aliphatic rings. The molecule has 0 amide bonds. The van der Waals surface area contributed by atoms with Gasteiger partial charge in [-0.2, -0.15) is 0 Å². The van der Waals surface area contributed by atoms with Gasteiger partial charge in [0.1, 0.15) is 5.78 Å². The largest absolute Gasteiger partial charge is 0.378 e. The zero-order valence-electron chi connectivity index (χ0n) is 13.1. The van der Waals surface area contributed by atoms with Crippen LogP contribution in [0.25, 0.3) is 0 Å². The van der Waals surface area contributed by atoms with Crippen molar-refractivity contribution >= 4 is 5.78 Å². The van der Waals surface area contributed by atoms with E-state index < -0.39 is 0 Å². The lowest BCUT2D eigenvalue weighted by molar-refractivity contribution is -0.146. The zero-order valence-corrected chi connectivity index (χ0v) is 13.1. The van der Waals surface area contributed by atoms with Crippen molar-refractivity contribution in [2.24, 2.45) is 17.1 Å². The Labute approximate surface area is 127 Å². The molecule has 1 aliphatic carbocycles. The predicted octanol–water partition coefficient (Wildman–Crippen LogP) is 2.44. The summed E-state index contributed by atoms with van der Waals surface area (Å²) in [5, 5.41) is 0. The van der Waals surface area contributed by atoms with Gasteiger partial charge in [0.2, 0.25) is 0 Å². The molecule has 120 valence electrons. The van der Waals surface area contributed by atoms with Crippen LogP contribution in [0.5, 0.6) is 0 Å². The Hall–Kier alpha value is -0.450. The Morgan fingerprint density at radius 1 is 1.10 bits per heavy atom. The van der Waals surface area contributed by atoms with Gasteiger partial charge in [0, 0.05) is 37.5 Å². The molecule has 2 heterocycles. The Balaban J connectivity index is 1.73. The van der Waals surface area contributed by atoms with Crippen molar-refractivity contribution in [1.82, 2.24) is 0 Å². The molecule has 0 aromatic carbocycles. The molecular weight excluding hydrogens is 266 g/mol. The highest BCUT2D eigenvalue weighted by Gasteiger charge is 2.47. The first-order chi connectivity index (χ1) is 10.2. The van der Waals surface area contributed by atoms with E-state index in [1.165, 1.54) is 12.8 Å². The molecule has 21 heavy (non-hydrogen) atoms.